The first-order valence-electron chi connectivity index (χ1n) is 6.82. The number of anilines is 1. The van der Waals surface area contributed by atoms with E-state index in [0.29, 0.717) is 27.4 Å². The molecule has 0 bridgehead atoms. The Morgan fingerprint density at radius 2 is 2.08 bits per heavy atom. The highest BCUT2D eigenvalue weighted by Gasteiger charge is 2.18. The summed E-state index contributed by atoms with van der Waals surface area (Å²) in [7, 11) is -2.39. The molecule has 0 fully saturated rings. The fraction of sp³-hybridized carbons (Fsp3) is 0.0625. The predicted octanol–water partition coefficient (Wildman–Crippen LogP) is 3.50. The fourth-order valence-electron chi connectivity index (χ4n) is 2.31. The monoisotopic (exact) mass is 361 g/mol. The minimum atomic E-state index is -3.87. The number of aromatic amines is 1. The molecule has 6 nitrogen and oxygen atoms in total. The Hall–Kier alpha value is -2.69. The number of nitriles is 1. The first kappa shape index (κ1) is 16.2. The molecule has 0 spiro atoms. The van der Waals surface area contributed by atoms with Gasteiger partial charge in [0.2, 0.25) is 0 Å². The van der Waals surface area contributed by atoms with Gasteiger partial charge in [0.15, 0.2) is 0 Å². The van der Waals surface area contributed by atoms with E-state index in [0.717, 1.165) is 0 Å². The van der Waals surface area contributed by atoms with Gasteiger partial charge in [-0.05, 0) is 24.3 Å². The first-order valence-corrected chi connectivity index (χ1v) is 8.68. The lowest BCUT2D eigenvalue weighted by Crippen LogP contribution is -2.13. The summed E-state index contributed by atoms with van der Waals surface area (Å²) in [4.78, 5) is 2.93. The normalized spacial score (nSPS) is 11.2. The molecule has 0 unspecified atom stereocenters. The van der Waals surface area contributed by atoms with Gasteiger partial charge in [-0.1, -0.05) is 17.7 Å². The zero-order chi connectivity index (χ0) is 17.3. The third-order valence-electron chi connectivity index (χ3n) is 3.47. The number of nitrogens with zero attached hydrogens (tertiary/aromatic N) is 1. The zero-order valence-corrected chi connectivity index (χ0v) is 14.1. The van der Waals surface area contributed by atoms with Crippen LogP contribution in [0.15, 0.2) is 47.5 Å². The van der Waals surface area contributed by atoms with E-state index in [2.05, 4.69) is 9.71 Å². The molecule has 0 aliphatic heterocycles. The number of benzene rings is 2. The van der Waals surface area contributed by atoms with Crippen LogP contribution in [0.1, 0.15) is 5.56 Å². The summed E-state index contributed by atoms with van der Waals surface area (Å²) in [5, 5.41) is 10.0. The van der Waals surface area contributed by atoms with Gasteiger partial charge in [-0.3, -0.25) is 4.72 Å². The van der Waals surface area contributed by atoms with Crippen molar-refractivity contribution >= 4 is 38.2 Å². The van der Waals surface area contributed by atoms with E-state index in [-0.39, 0.29) is 10.5 Å². The molecule has 3 aromatic rings. The summed E-state index contributed by atoms with van der Waals surface area (Å²) in [6, 6.07) is 11.0. The molecule has 1 heterocycles. The van der Waals surface area contributed by atoms with Gasteiger partial charge in [0.1, 0.15) is 5.75 Å². The van der Waals surface area contributed by atoms with Gasteiger partial charge in [-0.2, -0.15) is 5.26 Å². The van der Waals surface area contributed by atoms with Crippen molar-refractivity contribution in [1.82, 2.24) is 4.98 Å². The Morgan fingerprint density at radius 1 is 1.29 bits per heavy atom. The SMILES string of the molecule is COc1cc(NS(=O)(=O)c2cccc(C#N)c2)c2[nH]cc(Cl)c2c1. The molecule has 0 amide bonds. The quantitative estimate of drug-likeness (QED) is 0.743. The second-order valence-electron chi connectivity index (χ2n) is 4.98. The minimum absolute atomic E-state index is 0.00447. The Bertz CT molecular complexity index is 1070. The Morgan fingerprint density at radius 3 is 2.79 bits per heavy atom. The molecule has 0 saturated heterocycles. The van der Waals surface area contributed by atoms with Gasteiger partial charge in [-0.25, -0.2) is 8.42 Å². The summed E-state index contributed by atoms with van der Waals surface area (Å²) >= 11 is 6.10. The maximum absolute atomic E-state index is 12.6. The smallest absolute Gasteiger partial charge is 0.262 e. The van der Waals surface area contributed by atoms with Crippen molar-refractivity contribution in [3.8, 4) is 11.8 Å². The van der Waals surface area contributed by atoms with E-state index in [1.54, 1.807) is 18.3 Å². The van der Waals surface area contributed by atoms with Crippen LogP contribution in [0.2, 0.25) is 5.02 Å². The van der Waals surface area contributed by atoms with Crippen molar-refractivity contribution in [1.29, 1.82) is 5.26 Å². The summed E-state index contributed by atoms with van der Waals surface area (Å²) in [5.41, 5.74) is 1.11. The van der Waals surface area contributed by atoms with Crippen molar-refractivity contribution in [3.63, 3.8) is 0 Å². The molecular formula is C16H12ClN3O3S. The Balaban J connectivity index is 2.10. The average Bonchev–Trinajstić information content (AvgIpc) is 2.96. The standard InChI is InChI=1S/C16H12ClN3O3S/c1-23-11-6-13-14(17)9-19-16(13)15(7-11)20-24(21,22)12-4-2-3-10(5-12)8-18/h2-7,9,19-20H,1H3. The van der Waals surface area contributed by atoms with Crippen LogP contribution in [0.3, 0.4) is 0 Å². The van der Waals surface area contributed by atoms with E-state index in [1.807, 2.05) is 6.07 Å². The number of hydrogen-bond acceptors (Lipinski definition) is 4. The molecule has 0 atom stereocenters. The molecular weight excluding hydrogens is 350 g/mol. The van der Waals surface area contributed by atoms with E-state index in [4.69, 9.17) is 21.6 Å². The maximum Gasteiger partial charge on any atom is 0.262 e. The highest BCUT2D eigenvalue weighted by Crippen LogP contribution is 2.34. The average molecular weight is 362 g/mol. The number of nitrogens with one attached hydrogen (secondary N) is 2. The molecule has 8 heteroatoms. The minimum Gasteiger partial charge on any atom is -0.497 e. The van der Waals surface area contributed by atoms with Crippen LogP contribution in [0.25, 0.3) is 10.9 Å². The van der Waals surface area contributed by atoms with Crippen LogP contribution >= 0.6 is 11.6 Å². The second-order valence-corrected chi connectivity index (χ2v) is 7.07. The third kappa shape index (κ3) is 2.89. The van der Waals surface area contributed by atoms with Crippen LogP contribution < -0.4 is 9.46 Å². The van der Waals surface area contributed by atoms with E-state index >= 15 is 0 Å². The van der Waals surface area contributed by atoms with Crippen molar-refractivity contribution in [2.75, 3.05) is 11.8 Å². The Labute approximate surface area is 143 Å². The number of rotatable bonds is 4. The van der Waals surface area contributed by atoms with Gasteiger partial charge >= 0.3 is 0 Å². The molecule has 0 radical (unpaired) electrons. The van der Waals surface area contributed by atoms with Crippen LogP contribution in [0.5, 0.6) is 5.75 Å². The van der Waals surface area contributed by atoms with E-state index in [1.165, 1.54) is 31.4 Å². The van der Waals surface area contributed by atoms with Gasteiger partial charge in [0, 0.05) is 17.6 Å². The molecule has 24 heavy (non-hydrogen) atoms. The van der Waals surface area contributed by atoms with Crippen molar-refractivity contribution in [2.45, 2.75) is 4.90 Å². The summed E-state index contributed by atoms with van der Waals surface area (Å²) < 4.78 is 32.9. The maximum atomic E-state index is 12.6. The number of hydrogen-bond donors (Lipinski definition) is 2. The molecule has 122 valence electrons. The predicted molar refractivity (Wildman–Crippen MR) is 91.8 cm³/mol. The summed E-state index contributed by atoms with van der Waals surface area (Å²) in [5.74, 6) is 0.465. The van der Waals surface area contributed by atoms with Gasteiger partial charge < -0.3 is 9.72 Å². The van der Waals surface area contributed by atoms with Gasteiger partial charge in [0.25, 0.3) is 10.0 Å². The first-order chi connectivity index (χ1) is 11.4. The van der Waals surface area contributed by atoms with E-state index < -0.39 is 10.0 Å². The van der Waals surface area contributed by atoms with Gasteiger partial charge in [0.05, 0.1) is 39.9 Å². The summed E-state index contributed by atoms with van der Waals surface area (Å²) in [6.07, 6.45) is 1.57. The molecule has 2 aromatic carbocycles. The molecule has 1 aromatic heterocycles. The number of methoxy groups -OCH3 is 1. The van der Waals surface area contributed by atoms with Crippen LogP contribution in [-0.2, 0) is 10.0 Å². The van der Waals surface area contributed by atoms with Crippen molar-refractivity contribution in [2.24, 2.45) is 0 Å². The molecule has 2 N–H and O–H groups in total. The van der Waals surface area contributed by atoms with Crippen LogP contribution in [-0.4, -0.2) is 20.5 Å². The number of ether oxygens (including phenoxy) is 1. The number of halogens is 1. The number of H-pyrrole nitrogens is 1. The zero-order valence-electron chi connectivity index (χ0n) is 12.5. The molecule has 0 saturated carbocycles. The third-order valence-corrected chi connectivity index (χ3v) is 5.14. The molecule has 0 aliphatic rings. The lowest BCUT2D eigenvalue weighted by molar-refractivity contribution is 0.415. The highest BCUT2D eigenvalue weighted by molar-refractivity contribution is 7.92. The number of sulfonamides is 1. The fourth-order valence-corrected chi connectivity index (χ4v) is 3.62. The number of fused-ring (bicyclic) bond motifs is 1. The second kappa shape index (κ2) is 6.07. The highest BCUT2D eigenvalue weighted by atomic mass is 35.5. The van der Waals surface area contributed by atoms with Crippen LogP contribution in [0, 0.1) is 11.3 Å². The van der Waals surface area contributed by atoms with Crippen molar-refractivity contribution in [3.05, 3.63) is 53.2 Å². The van der Waals surface area contributed by atoms with E-state index in [9.17, 15) is 8.42 Å². The number of aromatic nitrogens is 1. The Kier molecular flexibility index (Phi) is 4.09. The summed E-state index contributed by atoms with van der Waals surface area (Å²) in [6.45, 7) is 0. The van der Waals surface area contributed by atoms with Crippen LogP contribution in [0.4, 0.5) is 5.69 Å². The molecule has 3 rings (SSSR count). The lowest BCUT2D eigenvalue weighted by atomic mass is 10.2. The van der Waals surface area contributed by atoms with Gasteiger partial charge in [-0.15, -0.1) is 0 Å². The van der Waals surface area contributed by atoms with Crippen molar-refractivity contribution < 1.29 is 13.2 Å². The largest absolute Gasteiger partial charge is 0.497 e. The lowest BCUT2D eigenvalue weighted by Gasteiger charge is -2.11. The topological polar surface area (TPSA) is 95.0 Å². The molecule has 0 aliphatic carbocycles.